The van der Waals surface area contributed by atoms with Gasteiger partial charge in [0.1, 0.15) is 6.10 Å². The Hall–Kier alpha value is -1.56. The molecule has 110 valence electrons. The highest BCUT2D eigenvalue weighted by Gasteiger charge is 2.42. The molecule has 0 saturated carbocycles. The second kappa shape index (κ2) is 6.47. The molecule has 1 saturated heterocycles. The van der Waals surface area contributed by atoms with Crippen LogP contribution in [0.5, 0.6) is 0 Å². The molecule has 21 heavy (non-hydrogen) atoms. The van der Waals surface area contributed by atoms with Crippen LogP contribution >= 0.6 is 0 Å². The zero-order valence-corrected chi connectivity index (χ0v) is 12.6. The number of allylic oxidation sites excluding steroid dienone is 2. The van der Waals surface area contributed by atoms with Crippen LogP contribution in [0.15, 0.2) is 42.0 Å². The van der Waals surface area contributed by atoms with Crippen LogP contribution in [0.1, 0.15) is 44.2 Å². The first-order valence-corrected chi connectivity index (χ1v) is 7.95. The van der Waals surface area contributed by atoms with E-state index in [4.69, 9.17) is 0 Å². The summed E-state index contributed by atoms with van der Waals surface area (Å²) in [5.41, 5.74) is 2.51. The summed E-state index contributed by atoms with van der Waals surface area (Å²) < 4.78 is 0. The van der Waals surface area contributed by atoms with Crippen molar-refractivity contribution in [3.63, 3.8) is 0 Å². The van der Waals surface area contributed by atoms with Gasteiger partial charge in [0.05, 0.1) is 6.04 Å². The second-order valence-electron chi connectivity index (χ2n) is 6.04. The van der Waals surface area contributed by atoms with Gasteiger partial charge in [0.2, 0.25) is 0 Å². The first-order valence-electron chi connectivity index (χ1n) is 7.95. The summed E-state index contributed by atoms with van der Waals surface area (Å²) in [6.07, 6.45) is 6.42. The number of aliphatic hydroxyl groups is 1. The van der Waals surface area contributed by atoms with Crippen LogP contribution in [0.3, 0.4) is 0 Å². The molecular weight excluding hydrogens is 258 g/mol. The highest BCUT2D eigenvalue weighted by atomic mass is 16.3. The number of benzene rings is 1. The van der Waals surface area contributed by atoms with E-state index < -0.39 is 6.10 Å². The van der Waals surface area contributed by atoms with Crippen molar-refractivity contribution in [1.29, 1.82) is 0 Å². The average Bonchev–Trinajstić information content (AvgIpc) is 3.34. The topological polar surface area (TPSA) is 23.2 Å². The Labute approximate surface area is 127 Å². The first-order chi connectivity index (χ1) is 10.3. The van der Waals surface area contributed by atoms with Gasteiger partial charge in [-0.25, -0.2) is 0 Å². The van der Waals surface area contributed by atoms with Crippen molar-refractivity contribution in [2.24, 2.45) is 0 Å². The van der Waals surface area contributed by atoms with Crippen molar-refractivity contribution < 1.29 is 5.11 Å². The Morgan fingerprint density at radius 3 is 2.76 bits per heavy atom. The summed E-state index contributed by atoms with van der Waals surface area (Å²) in [7, 11) is 0. The van der Waals surface area contributed by atoms with Crippen LogP contribution in [0.2, 0.25) is 0 Å². The van der Waals surface area contributed by atoms with Gasteiger partial charge in [-0.15, -0.1) is 0 Å². The van der Waals surface area contributed by atoms with Crippen LogP contribution in [0.25, 0.3) is 0 Å². The number of rotatable bonds is 3. The molecule has 1 unspecified atom stereocenters. The number of hydrogen-bond acceptors (Lipinski definition) is 2. The third-order valence-electron chi connectivity index (χ3n) is 4.51. The first kappa shape index (κ1) is 14.4. The van der Waals surface area contributed by atoms with Crippen LogP contribution in [-0.4, -0.2) is 28.7 Å². The van der Waals surface area contributed by atoms with Gasteiger partial charge in [-0.2, -0.15) is 0 Å². The molecule has 2 aliphatic rings. The largest absolute Gasteiger partial charge is 0.379 e. The molecule has 4 atom stereocenters. The summed E-state index contributed by atoms with van der Waals surface area (Å²) in [6, 6.07) is 11.0. The van der Waals surface area contributed by atoms with E-state index >= 15 is 0 Å². The molecule has 1 aliphatic heterocycles. The molecule has 3 rings (SSSR count). The normalized spacial score (nSPS) is 27.0. The molecule has 2 heteroatoms. The molecule has 0 amide bonds. The van der Waals surface area contributed by atoms with Gasteiger partial charge < -0.3 is 5.11 Å². The maximum atomic E-state index is 10.2. The Balaban J connectivity index is 1.57. The van der Waals surface area contributed by atoms with E-state index in [-0.39, 0.29) is 6.04 Å². The molecular formula is C19H23NO. The zero-order valence-electron chi connectivity index (χ0n) is 12.6. The molecule has 1 heterocycles. The summed E-state index contributed by atoms with van der Waals surface area (Å²) in [5, 5.41) is 10.2. The Bertz CT molecular complexity index is 566. The summed E-state index contributed by atoms with van der Waals surface area (Å²) in [4.78, 5) is 2.31. The van der Waals surface area contributed by atoms with Crippen LogP contribution in [0, 0.1) is 11.8 Å². The van der Waals surface area contributed by atoms with Crippen LogP contribution < -0.4 is 0 Å². The van der Waals surface area contributed by atoms with Gasteiger partial charge >= 0.3 is 0 Å². The lowest BCUT2D eigenvalue weighted by Crippen LogP contribution is -2.19. The van der Waals surface area contributed by atoms with Gasteiger partial charge in [-0.3, -0.25) is 4.90 Å². The van der Waals surface area contributed by atoms with E-state index in [2.05, 4.69) is 54.0 Å². The smallest absolute Gasteiger partial charge is 0.131 e. The van der Waals surface area contributed by atoms with Gasteiger partial charge in [0, 0.05) is 12.6 Å². The molecule has 1 aliphatic carbocycles. The van der Waals surface area contributed by atoms with Gasteiger partial charge in [-0.05, 0) is 43.7 Å². The highest BCUT2D eigenvalue weighted by molar-refractivity contribution is 5.32. The van der Waals surface area contributed by atoms with E-state index in [1.165, 1.54) is 24.0 Å². The van der Waals surface area contributed by atoms with Gasteiger partial charge in [-0.1, -0.05) is 48.2 Å². The minimum Gasteiger partial charge on any atom is -0.379 e. The predicted molar refractivity (Wildman–Crippen MR) is 85.7 cm³/mol. The molecule has 0 aromatic heterocycles. The lowest BCUT2D eigenvalue weighted by molar-refractivity contribution is 0.201. The molecule has 0 radical (unpaired) electrons. The maximum Gasteiger partial charge on any atom is 0.131 e. The maximum absolute atomic E-state index is 10.2. The minimum absolute atomic E-state index is 0.192. The highest BCUT2D eigenvalue weighted by Crippen LogP contribution is 2.33. The SMILES string of the molecule is C[C@H](c1ccccc1)N1C[C@H]1[C@H](O)C#CC1=CCCCC1. The molecule has 1 N–H and O–H groups in total. The Morgan fingerprint density at radius 1 is 1.24 bits per heavy atom. The van der Waals surface area contributed by atoms with Gasteiger partial charge in [0.25, 0.3) is 0 Å². The molecule has 0 spiro atoms. The Morgan fingerprint density at radius 2 is 2.05 bits per heavy atom. The van der Waals surface area contributed by atoms with Crippen LogP contribution in [0.4, 0.5) is 0 Å². The lowest BCUT2D eigenvalue weighted by Gasteiger charge is -2.15. The van der Waals surface area contributed by atoms with E-state index in [1.54, 1.807) is 0 Å². The molecule has 0 bridgehead atoms. The van der Waals surface area contributed by atoms with E-state index in [1.807, 2.05) is 6.07 Å². The minimum atomic E-state index is -0.529. The fraction of sp³-hybridized carbons (Fsp3) is 0.474. The number of aliphatic hydroxyl groups excluding tert-OH is 1. The lowest BCUT2D eigenvalue weighted by atomic mass is 10.00. The molecule has 2 nitrogen and oxygen atoms in total. The number of nitrogens with zero attached hydrogens (tertiary/aromatic N) is 1. The quantitative estimate of drug-likeness (QED) is 0.679. The van der Waals surface area contributed by atoms with E-state index in [9.17, 15) is 5.11 Å². The monoisotopic (exact) mass is 281 g/mol. The summed E-state index contributed by atoms with van der Waals surface area (Å²) in [6.45, 7) is 3.13. The number of hydrogen-bond donors (Lipinski definition) is 1. The predicted octanol–water partition coefficient (Wildman–Crippen LogP) is 3.30. The van der Waals surface area contributed by atoms with Crippen molar-refractivity contribution in [3.05, 3.63) is 47.5 Å². The fourth-order valence-corrected chi connectivity index (χ4v) is 3.03. The third kappa shape index (κ3) is 3.56. The molecule has 1 aromatic carbocycles. The standard InChI is InChI=1S/C19H23NO/c1-15(17-10-6-3-7-11-17)20-14-18(20)19(21)13-12-16-8-4-2-5-9-16/h3,6-8,10-11,15,18-19,21H,2,4-5,9,14H2,1H3/t15-,18+,19-,20?/m1/s1. The fourth-order valence-electron chi connectivity index (χ4n) is 3.03. The third-order valence-corrected chi connectivity index (χ3v) is 4.51. The van der Waals surface area contributed by atoms with Crippen molar-refractivity contribution in [2.75, 3.05) is 6.54 Å². The van der Waals surface area contributed by atoms with E-state index in [0.717, 1.165) is 19.4 Å². The Kier molecular flexibility index (Phi) is 4.43. The van der Waals surface area contributed by atoms with Crippen molar-refractivity contribution in [2.45, 2.75) is 50.8 Å². The second-order valence-corrected chi connectivity index (χ2v) is 6.04. The zero-order chi connectivity index (χ0) is 14.7. The van der Waals surface area contributed by atoms with Crippen molar-refractivity contribution in [3.8, 4) is 11.8 Å². The van der Waals surface area contributed by atoms with Crippen molar-refractivity contribution >= 4 is 0 Å². The summed E-state index contributed by atoms with van der Waals surface area (Å²) in [5.74, 6) is 6.22. The van der Waals surface area contributed by atoms with Gasteiger partial charge in [0.15, 0.2) is 0 Å². The molecule has 1 fully saturated rings. The van der Waals surface area contributed by atoms with Crippen LogP contribution in [-0.2, 0) is 0 Å². The van der Waals surface area contributed by atoms with E-state index in [0.29, 0.717) is 6.04 Å². The average molecular weight is 281 g/mol. The summed E-state index contributed by atoms with van der Waals surface area (Å²) >= 11 is 0. The van der Waals surface area contributed by atoms with Crippen molar-refractivity contribution in [1.82, 2.24) is 4.90 Å². The molecule has 1 aromatic rings.